The van der Waals surface area contributed by atoms with Crippen molar-refractivity contribution in [1.29, 1.82) is 0 Å². The lowest BCUT2D eigenvalue weighted by atomic mass is 10.1. The predicted molar refractivity (Wildman–Crippen MR) is 68.2 cm³/mol. The Balaban J connectivity index is 2.20. The molecule has 0 radical (unpaired) electrons. The van der Waals surface area contributed by atoms with Gasteiger partial charge in [0.25, 0.3) is 0 Å². The minimum Gasteiger partial charge on any atom is -0.377 e. The van der Waals surface area contributed by atoms with Crippen LogP contribution in [0.25, 0.3) is 0 Å². The van der Waals surface area contributed by atoms with Gasteiger partial charge in [0.05, 0.1) is 6.04 Å². The van der Waals surface area contributed by atoms with Gasteiger partial charge in [0.15, 0.2) is 11.6 Å². The molecule has 0 aromatic heterocycles. The number of nitrogens with one attached hydrogen (secondary N) is 1. The number of hydrogen-bond acceptors (Lipinski definition) is 2. The van der Waals surface area contributed by atoms with Crippen LogP contribution in [-0.4, -0.2) is 6.54 Å². The quantitative estimate of drug-likeness (QED) is 0.872. The molecular formula is C14H14F2N2. The minimum absolute atomic E-state index is 0.248. The number of hydrogen-bond donors (Lipinski definition) is 2. The number of nitrogens with two attached hydrogens (primary N) is 1. The summed E-state index contributed by atoms with van der Waals surface area (Å²) in [5, 5.41) is 3.18. The zero-order chi connectivity index (χ0) is 13.0. The molecule has 0 aliphatic heterocycles. The van der Waals surface area contributed by atoms with Crippen LogP contribution in [0.1, 0.15) is 11.6 Å². The maximum atomic E-state index is 13.2. The first-order chi connectivity index (χ1) is 8.70. The van der Waals surface area contributed by atoms with Crippen molar-refractivity contribution in [2.45, 2.75) is 6.04 Å². The Labute approximate surface area is 104 Å². The first-order valence-corrected chi connectivity index (χ1v) is 5.67. The number of benzene rings is 2. The van der Waals surface area contributed by atoms with Gasteiger partial charge in [0, 0.05) is 12.2 Å². The molecule has 0 aliphatic carbocycles. The van der Waals surface area contributed by atoms with E-state index in [9.17, 15) is 8.78 Å². The number of para-hydroxylation sites is 1. The molecule has 18 heavy (non-hydrogen) atoms. The Bertz CT molecular complexity index is 514. The molecule has 0 saturated carbocycles. The molecule has 1 atom stereocenters. The molecule has 94 valence electrons. The summed E-state index contributed by atoms with van der Waals surface area (Å²) in [5.41, 5.74) is 7.17. The smallest absolute Gasteiger partial charge is 0.159 e. The molecule has 0 amide bonds. The summed E-state index contributed by atoms with van der Waals surface area (Å²) in [6, 6.07) is 13.0. The first-order valence-electron chi connectivity index (χ1n) is 5.67. The minimum atomic E-state index is -0.860. The summed E-state index contributed by atoms with van der Waals surface area (Å²) >= 11 is 0. The van der Waals surface area contributed by atoms with Crippen molar-refractivity contribution < 1.29 is 8.78 Å². The van der Waals surface area contributed by atoms with E-state index < -0.39 is 11.6 Å². The Morgan fingerprint density at radius 2 is 1.72 bits per heavy atom. The van der Waals surface area contributed by atoms with Crippen molar-refractivity contribution in [3.8, 4) is 0 Å². The maximum absolute atomic E-state index is 13.2. The third kappa shape index (κ3) is 2.84. The van der Waals surface area contributed by atoms with Crippen LogP contribution in [0.5, 0.6) is 0 Å². The van der Waals surface area contributed by atoms with E-state index in [-0.39, 0.29) is 6.04 Å². The monoisotopic (exact) mass is 248 g/mol. The third-order valence-corrected chi connectivity index (χ3v) is 2.70. The second kappa shape index (κ2) is 5.60. The second-order valence-corrected chi connectivity index (χ2v) is 3.97. The summed E-state index contributed by atoms with van der Waals surface area (Å²) in [6.07, 6.45) is 0. The first kappa shape index (κ1) is 12.5. The Morgan fingerprint density at radius 1 is 1.00 bits per heavy atom. The highest BCUT2D eigenvalue weighted by molar-refractivity contribution is 5.45. The van der Waals surface area contributed by atoms with Gasteiger partial charge in [-0.3, -0.25) is 0 Å². The third-order valence-electron chi connectivity index (χ3n) is 2.70. The topological polar surface area (TPSA) is 38.0 Å². The molecule has 0 spiro atoms. The molecule has 0 aliphatic rings. The van der Waals surface area contributed by atoms with Gasteiger partial charge < -0.3 is 11.1 Å². The average molecular weight is 248 g/mol. The lowest BCUT2D eigenvalue weighted by molar-refractivity contribution is 0.506. The van der Waals surface area contributed by atoms with Crippen LogP contribution in [0.3, 0.4) is 0 Å². The van der Waals surface area contributed by atoms with Gasteiger partial charge in [-0.05, 0) is 29.8 Å². The van der Waals surface area contributed by atoms with E-state index in [2.05, 4.69) is 5.32 Å². The molecule has 0 fully saturated rings. The van der Waals surface area contributed by atoms with Crippen LogP contribution in [0, 0.1) is 11.6 Å². The highest BCUT2D eigenvalue weighted by Crippen LogP contribution is 2.20. The van der Waals surface area contributed by atoms with Crippen LogP contribution in [0.2, 0.25) is 0 Å². The number of rotatable bonds is 4. The summed E-state index contributed by atoms with van der Waals surface area (Å²) in [7, 11) is 0. The Hall–Kier alpha value is -1.94. The van der Waals surface area contributed by atoms with Gasteiger partial charge in [-0.25, -0.2) is 8.78 Å². The summed E-state index contributed by atoms with van der Waals surface area (Å²) in [4.78, 5) is 0. The van der Waals surface area contributed by atoms with E-state index in [0.29, 0.717) is 12.1 Å². The van der Waals surface area contributed by atoms with E-state index in [1.165, 1.54) is 12.1 Å². The van der Waals surface area contributed by atoms with E-state index >= 15 is 0 Å². The molecule has 2 aromatic rings. The van der Waals surface area contributed by atoms with E-state index in [1.54, 1.807) is 0 Å². The second-order valence-electron chi connectivity index (χ2n) is 3.97. The lowest BCUT2D eigenvalue weighted by Gasteiger charge is -2.18. The summed E-state index contributed by atoms with van der Waals surface area (Å²) in [5.74, 6) is -1.71. The molecule has 3 N–H and O–H groups in total. The van der Waals surface area contributed by atoms with E-state index in [0.717, 1.165) is 11.8 Å². The van der Waals surface area contributed by atoms with Gasteiger partial charge in [-0.15, -0.1) is 0 Å². The van der Waals surface area contributed by atoms with Crippen LogP contribution in [0.15, 0.2) is 48.5 Å². The normalized spacial score (nSPS) is 12.2. The fraction of sp³-hybridized carbons (Fsp3) is 0.143. The number of halogens is 2. The molecule has 0 heterocycles. The zero-order valence-electron chi connectivity index (χ0n) is 9.74. The molecule has 4 heteroatoms. The van der Waals surface area contributed by atoms with Crippen molar-refractivity contribution in [2.75, 3.05) is 11.9 Å². The highest BCUT2D eigenvalue weighted by atomic mass is 19.2. The predicted octanol–water partition coefficient (Wildman–Crippen LogP) is 3.08. The molecule has 0 saturated heterocycles. The molecule has 2 nitrogen and oxygen atoms in total. The average Bonchev–Trinajstić information content (AvgIpc) is 2.40. The molecule has 0 bridgehead atoms. The van der Waals surface area contributed by atoms with Gasteiger partial charge >= 0.3 is 0 Å². The molecule has 2 aromatic carbocycles. The van der Waals surface area contributed by atoms with Crippen molar-refractivity contribution in [1.82, 2.24) is 0 Å². The Kier molecular flexibility index (Phi) is 3.89. The van der Waals surface area contributed by atoms with E-state index in [1.807, 2.05) is 30.3 Å². The SMILES string of the molecule is NCC(Nc1ccccc1)c1ccc(F)c(F)c1. The maximum Gasteiger partial charge on any atom is 0.159 e. The van der Waals surface area contributed by atoms with Crippen molar-refractivity contribution >= 4 is 5.69 Å². The van der Waals surface area contributed by atoms with Crippen molar-refractivity contribution in [3.05, 3.63) is 65.7 Å². The van der Waals surface area contributed by atoms with Crippen LogP contribution in [-0.2, 0) is 0 Å². The van der Waals surface area contributed by atoms with Crippen LogP contribution < -0.4 is 11.1 Å². The van der Waals surface area contributed by atoms with Gasteiger partial charge in [-0.1, -0.05) is 24.3 Å². The van der Waals surface area contributed by atoms with Crippen LogP contribution >= 0.6 is 0 Å². The molecule has 2 rings (SSSR count). The molecule has 1 unspecified atom stereocenters. The van der Waals surface area contributed by atoms with Gasteiger partial charge in [0.2, 0.25) is 0 Å². The fourth-order valence-corrected chi connectivity index (χ4v) is 1.74. The van der Waals surface area contributed by atoms with Crippen LogP contribution in [0.4, 0.5) is 14.5 Å². The summed E-state index contributed by atoms with van der Waals surface area (Å²) < 4.78 is 26.0. The number of anilines is 1. The lowest BCUT2D eigenvalue weighted by Crippen LogP contribution is -2.20. The highest BCUT2D eigenvalue weighted by Gasteiger charge is 2.12. The van der Waals surface area contributed by atoms with Gasteiger partial charge in [-0.2, -0.15) is 0 Å². The molecular weight excluding hydrogens is 234 g/mol. The van der Waals surface area contributed by atoms with Gasteiger partial charge in [0.1, 0.15) is 0 Å². The van der Waals surface area contributed by atoms with E-state index in [4.69, 9.17) is 5.73 Å². The fourth-order valence-electron chi connectivity index (χ4n) is 1.74. The summed E-state index contributed by atoms with van der Waals surface area (Å²) in [6.45, 7) is 0.292. The van der Waals surface area contributed by atoms with Crippen molar-refractivity contribution in [3.63, 3.8) is 0 Å². The largest absolute Gasteiger partial charge is 0.377 e. The standard InChI is InChI=1S/C14H14F2N2/c15-12-7-6-10(8-13(12)16)14(9-17)18-11-4-2-1-3-5-11/h1-8,14,18H,9,17H2. The zero-order valence-corrected chi connectivity index (χ0v) is 9.74. The Morgan fingerprint density at radius 3 is 2.33 bits per heavy atom. The van der Waals surface area contributed by atoms with Crippen molar-refractivity contribution in [2.24, 2.45) is 5.73 Å².